The Morgan fingerprint density at radius 2 is 0.494 bits per heavy atom. The standard InChI is InChI=1S/C75H116O6/c1-4-7-10-13-16-19-22-25-27-29-31-33-35-36-37-38-40-41-43-45-47-50-53-56-59-62-65-68-74(77)80-71-72(70-79-73(76)67-64-61-58-55-52-49-24-21-18-15-12-9-6-3)81-75(78)69-66-63-60-57-54-51-48-46-44-42-39-34-32-30-28-26-23-20-17-14-11-8-5-2/h7-8,10-11,16-17,19-20,25-28,31-34,36-37,40-42,44-45,47-48,51,53,56-57,60,72H,4-6,9,12-15,18,21-24,29-30,35,38-39,43,46,49-50,52,54-55,58-59,61-71H2,1-3H3/b10-7-,11-8-,19-16-,20-17-,27-25-,28-26-,33-31-,34-32-,37-36-,41-40-,44-42-,47-45-,51-48-,56-53-,60-57-. The van der Waals surface area contributed by atoms with Crippen molar-refractivity contribution in [2.24, 2.45) is 0 Å². The molecular weight excluding hydrogens is 997 g/mol. The first-order valence-corrected chi connectivity index (χ1v) is 32.3. The first kappa shape index (κ1) is 75.5. The molecule has 0 spiro atoms. The molecule has 0 heterocycles. The zero-order chi connectivity index (χ0) is 58.5. The molecule has 0 fully saturated rings. The van der Waals surface area contributed by atoms with Crippen LogP contribution in [-0.4, -0.2) is 37.2 Å². The third-order valence-corrected chi connectivity index (χ3v) is 12.9. The Hall–Kier alpha value is -5.49. The van der Waals surface area contributed by atoms with Gasteiger partial charge in [0.05, 0.1) is 0 Å². The molecule has 0 aliphatic carbocycles. The van der Waals surface area contributed by atoms with Crippen molar-refractivity contribution in [1.29, 1.82) is 0 Å². The lowest BCUT2D eigenvalue weighted by atomic mass is 10.0. The smallest absolute Gasteiger partial charge is 0.306 e. The van der Waals surface area contributed by atoms with E-state index in [0.29, 0.717) is 19.3 Å². The lowest BCUT2D eigenvalue weighted by Crippen LogP contribution is -2.30. The number of hydrogen-bond acceptors (Lipinski definition) is 6. The molecule has 1 atom stereocenters. The fourth-order valence-corrected chi connectivity index (χ4v) is 8.15. The van der Waals surface area contributed by atoms with E-state index >= 15 is 0 Å². The summed E-state index contributed by atoms with van der Waals surface area (Å²) < 4.78 is 16.8. The monoisotopic (exact) mass is 1110 g/mol. The van der Waals surface area contributed by atoms with Gasteiger partial charge in [0.25, 0.3) is 0 Å². The van der Waals surface area contributed by atoms with Crippen LogP contribution >= 0.6 is 0 Å². The van der Waals surface area contributed by atoms with Gasteiger partial charge in [0, 0.05) is 19.3 Å². The van der Waals surface area contributed by atoms with Crippen LogP contribution in [0.5, 0.6) is 0 Å². The molecule has 6 heteroatoms. The molecule has 81 heavy (non-hydrogen) atoms. The molecule has 0 saturated heterocycles. The Bertz CT molecular complexity index is 1900. The molecule has 6 nitrogen and oxygen atoms in total. The largest absolute Gasteiger partial charge is 0.462 e. The van der Waals surface area contributed by atoms with Crippen molar-refractivity contribution in [2.75, 3.05) is 13.2 Å². The van der Waals surface area contributed by atoms with E-state index in [0.717, 1.165) is 135 Å². The van der Waals surface area contributed by atoms with E-state index in [1.165, 1.54) is 64.2 Å². The summed E-state index contributed by atoms with van der Waals surface area (Å²) in [6, 6.07) is 0. The fourth-order valence-electron chi connectivity index (χ4n) is 8.15. The van der Waals surface area contributed by atoms with Crippen LogP contribution in [0.4, 0.5) is 0 Å². The number of carbonyl (C=O) groups is 3. The van der Waals surface area contributed by atoms with Crippen LogP contribution < -0.4 is 0 Å². The minimum Gasteiger partial charge on any atom is -0.462 e. The first-order chi connectivity index (χ1) is 40.0. The average molecular weight is 1110 g/mol. The number of unbranched alkanes of at least 4 members (excludes halogenated alkanes) is 15. The van der Waals surface area contributed by atoms with Gasteiger partial charge in [-0.25, -0.2) is 0 Å². The maximum atomic E-state index is 12.9. The van der Waals surface area contributed by atoms with Gasteiger partial charge in [-0.05, 0) is 135 Å². The van der Waals surface area contributed by atoms with Gasteiger partial charge in [-0.2, -0.15) is 0 Å². The predicted octanol–water partition coefficient (Wildman–Crippen LogP) is 22.4. The number of hydrogen-bond donors (Lipinski definition) is 0. The second kappa shape index (κ2) is 67.0. The molecule has 0 radical (unpaired) electrons. The van der Waals surface area contributed by atoms with E-state index in [-0.39, 0.29) is 44.0 Å². The van der Waals surface area contributed by atoms with Crippen LogP contribution in [0.1, 0.15) is 252 Å². The van der Waals surface area contributed by atoms with Crippen LogP contribution in [0, 0.1) is 0 Å². The molecule has 0 N–H and O–H groups in total. The lowest BCUT2D eigenvalue weighted by molar-refractivity contribution is -0.167. The van der Waals surface area contributed by atoms with Crippen LogP contribution in [0.15, 0.2) is 182 Å². The normalized spacial score (nSPS) is 13.4. The fraction of sp³-hybridized carbons (Fsp3) is 0.560. The van der Waals surface area contributed by atoms with E-state index in [4.69, 9.17) is 14.2 Å². The second-order valence-electron chi connectivity index (χ2n) is 20.6. The number of rotatable bonds is 56. The third-order valence-electron chi connectivity index (χ3n) is 12.9. The Kier molecular flexibility index (Phi) is 62.5. The van der Waals surface area contributed by atoms with E-state index in [9.17, 15) is 14.4 Å². The molecule has 0 bridgehead atoms. The van der Waals surface area contributed by atoms with Gasteiger partial charge >= 0.3 is 17.9 Å². The van der Waals surface area contributed by atoms with Crippen molar-refractivity contribution in [3.63, 3.8) is 0 Å². The summed E-state index contributed by atoms with van der Waals surface area (Å²) >= 11 is 0. The molecule has 0 saturated carbocycles. The van der Waals surface area contributed by atoms with Crippen molar-refractivity contribution in [3.05, 3.63) is 182 Å². The Balaban J connectivity index is 4.56. The van der Waals surface area contributed by atoms with Gasteiger partial charge in [-0.15, -0.1) is 0 Å². The third kappa shape index (κ3) is 65.2. The second-order valence-corrected chi connectivity index (χ2v) is 20.6. The van der Waals surface area contributed by atoms with Crippen LogP contribution in [0.3, 0.4) is 0 Å². The van der Waals surface area contributed by atoms with E-state index in [1.54, 1.807) is 0 Å². The molecule has 452 valence electrons. The number of ether oxygens (including phenoxy) is 3. The van der Waals surface area contributed by atoms with Crippen molar-refractivity contribution in [3.8, 4) is 0 Å². The van der Waals surface area contributed by atoms with Crippen LogP contribution in [0.25, 0.3) is 0 Å². The Morgan fingerprint density at radius 1 is 0.259 bits per heavy atom. The SMILES string of the molecule is CC/C=C\C/C=C\C/C=C\C/C=C\C/C=C\C/C=C\C/C=C\C/C=C\CCCCC(=O)OCC(COC(=O)CCCCCCCCCCCCCCC)OC(=O)CCC/C=C\C/C=C\C/C=C\C/C=C\C/C=C\C/C=C\C/C=C\CC. The highest BCUT2D eigenvalue weighted by atomic mass is 16.6. The van der Waals surface area contributed by atoms with Crippen molar-refractivity contribution in [2.45, 2.75) is 258 Å². The van der Waals surface area contributed by atoms with Gasteiger partial charge in [0.15, 0.2) is 6.10 Å². The minimum atomic E-state index is -0.837. The summed E-state index contributed by atoms with van der Waals surface area (Å²) in [5.41, 5.74) is 0. The van der Waals surface area contributed by atoms with Gasteiger partial charge in [-0.3, -0.25) is 14.4 Å². The zero-order valence-electron chi connectivity index (χ0n) is 51.7. The lowest BCUT2D eigenvalue weighted by Gasteiger charge is -2.18. The quantitative estimate of drug-likeness (QED) is 0.0261. The molecule has 0 rings (SSSR count). The van der Waals surface area contributed by atoms with Gasteiger partial charge in [0.1, 0.15) is 13.2 Å². The Morgan fingerprint density at radius 3 is 0.790 bits per heavy atom. The maximum Gasteiger partial charge on any atom is 0.306 e. The molecule has 1 unspecified atom stereocenters. The number of allylic oxidation sites excluding steroid dienone is 30. The van der Waals surface area contributed by atoms with Gasteiger partial charge in [0.2, 0.25) is 0 Å². The van der Waals surface area contributed by atoms with Crippen molar-refractivity contribution in [1.82, 2.24) is 0 Å². The van der Waals surface area contributed by atoms with Crippen LogP contribution in [-0.2, 0) is 28.6 Å². The highest BCUT2D eigenvalue weighted by Gasteiger charge is 2.19. The Labute approximate surface area is 497 Å². The molecule has 0 aliphatic heterocycles. The van der Waals surface area contributed by atoms with Crippen molar-refractivity contribution < 1.29 is 28.6 Å². The minimum absolute atomic E-state index is 0.122. The maximum absolute atomic E-state index is 12.9. The van der Waals surface area contributed by atoms with Gasteiger partial charge in [-0.1, -0.05) is 280 Å². The summed E-state index contributed by atoms with van der Waals surface area (Å²) in [7, 11) is 0. The zero-order valence-corrected chi connectivity index (χ0v) is 51.7. The van der Waals surface area contributed by atoms with Gasteiger partial charge < -0.3 is 14.2 Å². The predicted molar refractivity (Wildman–Crippen MR) is 352 cm³/mol. The highest BCUT2D eigenvalue weighted by Crippen LogP contribution is 2.14. The molecule has 0 aromatic heterocycles. The van der Waals surface area contributed by atoms with E-state index < -0.39 is 6.10 Å². The van der Waals surface area contributed by atoms with Crippen LogP contribution in [0.2, 0.25) is 0 Å². The molecular formula is C75H116O6. The summed E-state index contributed by atoms with van der Waals surface area (Å²) in [4.78, 5) is 38.3. The molecule has 0 aliphatic rings. The van der Waals surface area contributed by atoms with E-state index in [1.807, 2.05) is 0 Å². The average Bonchev–Trinajstić information content (AvgIpc) is 3.46. The number of esters is 3. The summed E-state index contributed by atoms with van der Waals surface area (Å²) in [5.74, 6) is -1.03. The summed E-state index contributed by atoms with van der Waals surface area (Å²) in [5, 5.41) is 0. The molecule has 0 amide bonds. The molecule has 0 aromatic rings. The molecule has 0 aromatic carbocycles. The summed E-state index contributed by atoms with van der Waals surface area (Å²) in [6.45, 7) is 6.32. The number of carbonyl (C=O) groups excluding carboxylic acids is 3. The highest BCUT2D eigenvalue weighted by molar-refractivity contribution is 5.71. The van der Waals surface area contributed by atoms with Crippen molar-refractivity contribution >= 4 is 17.9 Å². The topological polar surface area (TPSA) is 78.9 Å². The summed E-state index contributed by atoms with van der Waals surface area (Å²) in [6.07, 6.45) is 100. The first-order valence-electron chi connectivity index (χ1n) is 32.3. The van der Waals surface area contributed by atoms with E-state index in [2.05, 4.69) is 203 Å².